The summed E-state index contributed by atoms with van der Waals surface area (Å²) in [5.74, 6) is 0.410. The van der Waals surface area contributed by atoms with Crippen LogP contribution in [0.4, 0.5) is 0 Å². The van der Waals surface area contributed by atoms with E-state index in [9.17, 15) is 0 Å². The maximum Gasteiger partial charge on any atom is 0.232 e. The Morgan fingerprint density at radius 1 is 1.56 bits per heavy atom. The van der Waals surface area contributed by atoms with Crippen LogP contribution < -0.4 is 10.1 Å². The average Bonchev–Trinajstić information content (AvgIpc) is 2.38. The number of nitrogens with zero attached hydrogens (tertiary/aromatic N) is 3. The van der Waals surface area contributed by atoms with Crippen LogP contribution >= 0.6 is 0 Å². The van der Waals surface area contributed by atoms with Crippen LogP contribution in [0.15, 0.2) is 12.4 Å². The molecule has 0 aliphatic carbocycles. The van der Waals surface area contributed by atoms with E-state index in [1.54, 1.807) is 0 Å². The van der Waals surface area contributed by atoms with Gasteiger partial charge in [-0.2, -0.15) is 5.26 Å². The third-order valence-corrected chi connectivity index (χ3v) is 2.16. The minimum Gasteiger partial charge on any atom is -0.474 e. The highest BCUT2D eigenvalue weighted by Gasteiger charge is 2.14. The molecule has 84 valence electrons. The number of hydrogen-bond acceptors (Lipinski definition) is 6. The molecule has 2 rings (SSSR count). The van der Waals surface area contributed by atoms with Crippen LogP contribution in [0.25, 0.3) is 0 Å². The lowest BCUT2D eigenvalue weighted by atomic mass is 10.3. The van der Waals surface area contributed by atoms with Crippen molar-refractivity contribution in [1.29, 1.82) is 5.26 Å². The summed E-state index contributed by atoms with van der Waals surface area (Å²) in [6.45, 7) is 2.80. The lowest BCUT2D eigenvalue weighted by Gasteiger charge is -2.23. The summed E-state index contributed by atoms with van der Waals surface area (Å²) in [4.78, 5) is 7.81. The van der Waals surface area contributed by atoms with Crippen LogP contribution in [0.5, 0.6) is 5.88 Å². The zero-order valence-corrected chi connectivity index (χ0v) is 8.72. The van der Waals surface area contributed by atoms with E-state index in [-0.39, 0.29) is 11.8 Å². The number of hydrogen-bond donors (Lipinski definition) is 1. The molecule has 0 saturated carbocycles. The first-order valence-electron chi connectivity index (χ1n) is 5.06. The van der Waals surface area contributed by atoms with Crippen molar-refractivity contribution in [2.24, 2.45) is 0 Å². The number of ether oxygens (including phenoxy) is 2. The molecule has 1 saturated heterocycles. The molecule has 0 amide bonds. The van der Waals surface area contributed by atoms with Crippen LogP contribution in [0.2, 0.25) is 0 Å². The van der Waals surface area contributed by atoms with Gasteiger partial charge in [0.2, 0.25) is 5.88 Å². The summed E-state index contributed by atoms with van der Waals surface area (Å²) < 4.78 is 10.9. The van der Waals surface area contributed by atoms with Crippen LogP contribution in [-0.2, 0) is 4.74 Å². The zero-order chi connectivity index (χ0) is 11.2. The minimum absolute atomic E-state index is 0.0474. The van der Waals surface area contributed by atoms with E-state index in [0.29, 0.717) is 19.1 Å². The number of morpholine rings is 1. The van der Waals surface area contributed by atoms with Gasteiger partial charge < -0.3 is 14.8 Å². The van der Waals surface area contributed by atoms with Gasteiger partial charge in [-0.3, -0.25) is 0 Å². The third kappa shape index (κ3) is 2.89. The van der Waals surface area contributed by atoms with Crippen LogP contribution in [0, 0.1) is 11.3 Å². The Kier molecular flexibility index (Phi) is 3.64. The lowest BCUT2D eigenvalue weighted by molar-refractivity contribution is -0.000825. The van der Waals surface area contributed by atoms with E-state index in [0.717, 1.165) is 13.1 Å². The first-order chi connectivity index (χ1) is 7.88. The van der Waals surface area contributed by atoms with Gasteiger partial charge in [0.15, 0.2) is 5.69 Å². The zero-order valence-electron chi connectivity index (χ0n) is 8.72. The predicted molar refractivity (Wildman–Crippen MR) is 54.9 cm³/mol. The maximum atomic E-state index is 8.54. The van der Waals surface area contributed by atoms with Gasteiger partial charge in [0.05, 0.1) is 19.0 Å². The fourth-order valence-corrected chi connectivity index (χ4v) is 1.35. The standard InChI is InChI=1S/C10H12N4O2/c11-3-8-4-14-10(6-13-8)16-7-9-5-12-1-2-15-9/h4,6,9,12H,1-2,5,7H2. The van der Waals surface area contributed by atoms with E-state index in [1.165, 1.54) is 12.4 Å². The smallest absolute Gasteiger partial charge is 0.232 e. The number of rotatable bonds is 3. The third-order valence-electron chi connectivity index (χ3n) is 2.16. The van der Waals surface area contributed by atoms with Gasteiger partial charge in [-0.1, -0.05) is 0 Å². The molecule has 1 aliphatic heterocycles. The van der Waals surface area contributed by atoms with Crippen molar-refractivity contribution in [2.45, 2.75) is 6.10 Å². The molecule has 1 atom stereocenters. The molecular weight excluding hydrogens is 208 g/mol. The van der Waals surface area contributed by atoms with Gasteiger partial charge in [-0.05, 0) is 0 Å². The first-order valence-corrected chi connectivity index (χ1v) is 5.06. The van der Waals surface area contributed by atoms with E-state index in [4.69, 9.17) is 14.7 Å². The number of aromatic nitrogens is 2. The molecule has 0 bridgehead atoms. The molecule has 0 aromatic carbocycles. The van der Waals surface area contributed by atoms with Crippen molar-refractivity contribution in [3.63, 3.8) is 0 Å². The summed E-state index contributed by atoms with van der Waals surface area (Å²) >= 11 is 0. The quantitative estimate of drug-likeness (QED) is 0.754. The van der Waals surface area contributed by atoms with E-state index < -0.39 is 0 Å². The Bertz CT molecular complexity index is 367. The summed E-state index contributed by atoms with van der Waals surface area (Å²) in [6.07, 6.45) is 2.87. The molecule has 16 heavy (non-hydrogen) atoms. The summed E-state index contributed by atoms with van der Waals surface area (Å²) in [7, 11) is 0. The van der Waals surface area contributed by atoms with Crippen LogP contribution in [0.3, 0.4) is 0 Å². The minimum atomic E-state index is 0.0474. The fraction of sp³-hybridized carbons (Fsp3) is 0.500. The van der Waals surface area contributed by atoms with Crippen molar-refractivity contribution >= 4 is 0 Å². The molecule has 2 heterocycles. The lowest BCUT2D eigenvalue weighted by Crippen LogP contribution is -2.41. The normalized spacial score (nSPS) is 20.1. The molecule has 1 N–H and O–H groups in total. The highest BCUT2D eigenvalue weighted by atomic mass is 16.5. The SMILES string of the molecule is N#Cc1cnc(OCC2CNCCO2)cn1. The summed E-state index contributed by atoms with van der Waals surface area (Å²) in [6, 6.07) is 1.90. The monoisotopic (exact) mass is 220 g/mol. The van der Waals surface area contributed by atoms with E-state index in [1.807, 2.05) is 6.07 Å². The van der Waals surface area contributed by atoms with Crippen molar-refractivity contribution in [3.8, 4) is 11.9 Å². The molecule has 6 heteroatoms. The van der Waals surface area contributed by atoms with Gasteiger partial charge in [-0.25, -0.2) is 9.97 Å². The topological polar surface area (TPSA) is 80.1 Å². The molecule has 1 aromatic rings. The maximum absolute atomic E-state index is 8.54. The summed E-state index contributed by atoms with van der Waals surface area (Å²) in [5, 5.41) is 11.7. The van der Waals surface area contributed by atoms with Gasteiger partial charge in [0.1, 0.15) is 18.8 Å². The largest absolute Gasteiger partial charge is 0.474 e. The van der Waals surface area contributed by atoms with Gasteiger partial charge in [0, 0.05) is 13.1 Å². The van der Waals surface area contributed by atoms with E-state index >= 15 is 0 Å². The fourth-order valence-electron chi connectivity index (χ4n) is 1.35. The molecule has 0 spiro atoms. The van der Waals surface area contributed by atoms with Crippen molar-refractivity contribution < 1.29 is 9.47 Å². The molecule has 1 fully saturated rings. The van der Waals surface area contributed by atoms with Crippen molar-refractivity contribution in [3.05, 3.63) is 18.1 Å². The number of nitrogens with one attached hydrogen (secondary N) is 1. The molecule has 6 nitrogen and oxygen atoms in total. The molecular formula is C10H12N4O2. The Labute approximate surface area is 93.2 Å². The number of nitriles is 1. The second-order valence-electron chi connectivity index (χ2n) is 3.36. The highest BCUT2D eigenvalue weighted by molar-refractivity contribution is 5.18. The van der Waals surface area contributed by atoms with Gasteiger partial charge >= 0.3 is 0 Å². The van der Waals surface area contributed by atoms with Crippen LogP contribution in [-0.4, -0.2) is 42.4 Å². The Morgan fingerprint density at radius 2 is 2.50 bits per heavy atom. The van der Waals surface area contributed by atoms with E-state index in [2.05, 4.69) is 15.3 Å². The Morgan fingerprint density at radius 3 is 3.12 bits per heavy atom. The van der Waals surface area contributed by atoms with Crippen molar-refractivity contribution in [1.82, 2.24) is 15.3 Å². The van der Waals surface area contributed by atoms with Gasteiger partial charge in [0.25, 0.3) is 0 Å². The molecule has 1 aliphatic rings. The molecule has 1 unspecified atom stereocenters. The van der Waals surface area contributed by atoms with Gasteiger partial charge in [-0.15, -0.1) is 0 Å². The predicted octanol–water partition coefficient (Wildman–Crippen LogP) is -0.285. The van der Waals surface area contributed by atoms with Crippen molar-refractivity contribution in [2.75, 3.05) is 26.3 Å². The molecule has 1 aromatic heterocycles. The summed E-state index contributed by atoms with van der Waals surface area (Å²) in [5.41, 5.74) is 0.280. The Hall–Kier alpha value is -1.71. The second kappa shape index (κ2) is 5.39. The first kappa shape index (κ1) is 10.8. The highest BCUT2D eigenvalue weighted by Crippen LogP contribution is 2.05. The average molecular weight is 220 g/mol. The Balaban J connectivity index is 1.82. The molecule has 0 radical (unpaired) electrons. The van der Waals surface area contributed by atoms with Crippen LogP contribution in [0.1, 0.15) is 5.69 Å². The second-order valence-corrected chi connectivity index (χ2v) is 3.36.